The minimum Gasteiger partial charge on any atom is -0.313 e. The van der Waals surface area contributed by atoms with Crippen LogP contribution < -0.4 is 5.32 Å². The lowest BCUT2D eigenvalue weighted by Crippen LogP contribution is -2.45. The molecule has 0 aromatic heterocycles. The fourth-order valence-electron chi connectivity index (χ4n) is 3.63. The smallest absolute Gasteiger partial charge is 0.00953 e. The van der Waals surface area contributed by atoms with Crippen molar-refractivity contribution in [1.29, 1.82) is 0 Å². The molecule has 0 bridgehead atoms. The van der Waals surface area contributed by atoms with E-state index in [1.807, 2.05) is 0 Å². The standard InChI is InChI=1S/C15H30N2/c1-12-6-4-8-15(13(12)2)16-10-14-7-5-9-17(3)11-14/h12-16H,4-11H2,1-3H3. The molecule has 0 aromatic rings. The Morgan fingerprint density at radius 3 is 2.71 bits per heavy atom. The van der Waals surface area contributed by atoms with Gasteiger partial charge in [-0.25, -0.2) is 0 Å². The average Bonchev–Trinajstić information content (AvgIpc) is 2.31. The maximum atomic E-state index is 3.87. The van der Waals surface area contributed by atoms with Crippen molar-refractivity contribution >= 4 is 0 Å². The molecule has 1 N–H and O–H groups in total. The van der Waals surface area contributed by atoms with Crippen LogP contribution in [-0.4, -0.2) is 37.6 Å². The van der Waals surface area contributed by atoms with Gasteiger partial charge in [0.15, 0.2) is 0 Å². The van der Waals surface area contributed by atoms with E-state index in [4.69, 9.17) is 0 Å². The second-order valence-electron chi connectivity index (χ2n) is 6.55. The van der Waals surface area contributed by atoms with Gasteiger partial charge in [0.1, 0.15) is 0 Å². The molecular formula is C15H30N2. The Labute approximate surface area is 107 Å². The van der Waals surface area contributed by atoms with Crippen molar-refractivity contribution in [3.05, 3.63) is 0 Å². The first-order valence-electron chi connectivity index (χ1n) is 7.58. The van der Waals surface area contributed by atoms with Crippen LogP contribution >= 0.6 is 0 Å². The van der Waals surface area contributed by atoms with Crippen molar-refractivity contribution in [2.24, 2.45) is 17.8 Å². The van der Waals surface area contributed by atoms with Gasteiger partial charge in [0, 0.05) is 12.6 Å². The molecule has 0 radical (unpaired) electrons. The van der Waals surface area contributed by atoms with E-state index in [9.17, 15) is 0 Å². The van der Waals surface area contributed by atoms with Crippen LogP contribution in [0.15, 0.2) is 0 Å². The van der Waals surface area contributed by atoms with Crippen molar-refractivity contribution in [3.63, 3.8) is 0 Å². The van der Waals surface area contributed by atoms with Crippen molar-refractivity contribution < 1.29 is 0 Å². The zero-order valence-corrected chi connectivity index (χ0v) is 11.9. The van der Waals surface area contributed by atoms with E-state index in [0.717, 1.165) is 23.8 Å². The summed E-state index contributed by atoms with van der Waals surface area (Å²) in [7, 11) is 2.26. The van der Waals surface area contributed by atoms with Crippen LogP contribution in [0.4, 0.5) is 0 Å². The van der Waals surface area contributed by atoms with Gasteiger partial charge in [0.25, 0.3) is 0 Å². The highest BCUT2D eigenvalue weighted by molar-refractivity contribution is 4.83. The summed E-state index contributed by atoms with van der Waals surface area (Å²) in [4.78, 5) is 2.49. The van der Waals surface area contributed by atoms with E-state index in [0.29, 0.717) is 0 Å². The molecule has 100 valence electrons. The monoisotopic (exact) mass is 238 g/mol. The van der Waals surface area contributed by atoms with Crippen molar-refractivity contribution in [2.45, 2.75) is 52.0 Å². The van der Waals surface area contributed by atoms with E-state index < -0.39 is 0 Å². The van der Waals surface area contributed by atoms with Gasteiger partial charge < -0.3 is 10.2 Å². The third-order valence-corrected chi connectivity index (χ3v) is 5.10. The highest BCUT2D eigenvalue weighted by atomic mass is 15.1. The van der Waals surface area contributed by atoms with Crippen molar-refractivity contribution in [3.8, 4) is 0 Å². The van der Waals surface area contributed by atoms with Gasteiger partial charge >= 0.3 is 0 Å². The molecule has 2 rings (SSSR count). The maximum absolute atomic E-state index is 3.87. The predicted octanol–water partition coefficient (Wildman–Crippen LogP) is 2.74. The number of hydrogen-bond acceptors (Lipinski definition) is 2. The Kier molecular flexibility index (Phi) is 4.87. The summed E-state index contributed by atoms with van der Waals surface area (Å²) in [5, 5.41) is 3.87. The Bertz CT molecular complexity index is 229. The number of hydrogen-bond donors (Lipinski definition) is 1. The van der Waals surface area contributed by atoms with Crippen LogP contribution in [0.2, 0.25) is 0 Å². The summed E-state index contributed by atoms with van der Waals surface area (Å²) >= 11 is 0. The minimum absolute atomic E-state index is 0.783. The lowest BCUT2D eigenvalue weighted by molar-refractivity contribution is 0.171. The maximum Gasteiger partial charge on any atom is 0.00953 e. The molecule has 1 heterocycles. The summed E-state index contributed by atoms with van der Waals surface area (Å²) in [6, 6.07) is 0.783. The van der Waals surface area contributed by atoms with Gasteiger partial charge in [-0.05, 0) is 57.2 Å². The van der Waals surface area contributed by atoms with Crippen LogP contribution in [0.25, 0.3) is 0 Å². The molecular weight excluding hydrogens is 208 g/mol. The van der Waals surface area contributed by atoms with Gasteiger partial charge in [-0.2, -0.15) is 0 Å². The van der Waals surface area contributed by atoms with E-state index in [2.05, 4.69) is 31.1 Å². The molecule has 2 aliphatic rings. The molecule has 1 saturated carbocycles. The van der Waals surface area contributed by atoms with Crippen LogP contribution in [0.1, 0.15) is 46.0 Å². The number of likely N-dealkylation sites (tertiary alicyclic amines) is 1. The number of nitrogens with zero attached hydrogens (tertiary/aromatic N) is 1. The van der Waals surface area contributed by atoms with Crippen LogP contribution in [-0.2, 0) is 0 Å². The van der Waals surface area contributed by atoms with E-state index >= 15 is 0 Å². The lowest BCUT2D eigenvalue weighted by atomic mass is 9.78. The van der Waals surface area contributed by atoms with E-state index in [1.165, 1.54) is 51.7 Å². The van der Waals surface area contributed by atoms with E-state index in [-0.39, 0.29) is 0 Å². The van der Waals surface area contributed by atoms with Crippen molar-refractivity contribution in [1.82, 2.24) is 10.2 Å². The highest BCUT2D eigenvalue weighted by Crippen LogP contribution is 2.29. The second kappa shape index (κ2) is 6.19. The molecule has 1 aliphatic heterocycles. The fourth-order valence-corrected chi connectivity index (χ4v) is 3.63. The SMILES string of the molecule is CC1CCCC(NCC2CCCN(C)C2)C1C. The van der Waals surface area contributed by atoms with Gasteiger partial charge in [-0.1, -0.05) is 26.7 Å². The second-order valence-corrected chi connectivity index (χ2v) is 6.55. The molecule has 2 heteroatoms. The van der Waals surface area contributed by atoms with Crippen molar-refractivity contribution in [2.75, 3.05) is 26.7 Å². The van der Waals surface area contributed by atoms with E-state index in [1.54, 1.807) is 0 Å². The topological polar surface area (TPSA) is 15.3 Å². The molecule has 0 aromatic carbocycles. The van der Waals surface area contributed by atoms with Crippen LogP contribution in [0.3, 0.4) is 0 Å². The minimum atomic E-state index is 0.783. The van der Waals surface area contributed by atoms with Gasteiger partial charge in [-0.3, -0.25) is 0 Å². The molecule has 17 heavy (non-hydrogen) atoms. The van der Waals surface area contributed by atoms with Crippen LogP contribution in [0, 0.1) is 17.8 Å². The zero-order chi connectivity index (χ0) is 12.3. The Morgan fingerprint density at radius 1 is 1.12 bits per heavy atom. The zero-order valence-electron chi connectivity index (χ0n) is 11.9. The predicted molar refractivity (Wildman–Crippen MR) is 74.2 cm³/mol. The summed E-state index contributed by atoms with van der Waals surface area (Å²) in [5.41, 5.74) is 0. The summed E-state index contributed by atoms with van der Waals surface area (Å²) in [6.07, 6.45) is 7.07. The Hall–Kier alpha value is -0.0800. The van der Waals surface area contributed by atoms with Crippen LogP contribution in [0.5, 0.6) is 0 Å². The molecule has 2 fully saturated rings. The Balaban J connectivity index is 1.73. The third kappa shape index (κ3) is 3.69. The normalized spacial score (nSPS) is 40.4. The van der Waals surface area contributed by atoms with Gasteiger partial charge in [-0.15, -0.1) is 0 Å². The molecule has 4 unspecified atom stereocenters. The largest absolute Gasteiger partial charge is 0.313 e. The molecule has 1 saturated heterocycles. The summed E-state index contributed by atoms with van der Waals surface area (Å²) < 4.78 is 0. The number of nitrogens with one attached hydrogen (secondary N) is 1. The molecule has 0 spiro atoms. The average molecular weight is 238 g/mol. The first kappa shape index (κ1) is 13.4. The molecule has 0 amide bonds. The highest BCUT2D eigenvalue weighted by Gasteiger charge is 2.27. The Morgan fingerprint density at radius 2 is 1.94 bits per heavy atom. The summed E-state index contributed by atoms with van der Waals surface area (Å²) in [5.74, 6) is 2.67. The third-order valence-electron chi connectivity index (χ3n) is 5.10. The summed E-state index contributed by atoms with van der Waals surface area (Å²) in [6.45, 7) is 8.70. The molecule has 1 aliphatic carbocycles. The molecule has 4 atom stereocenters. The van der Waals surface area contributed by atoms with Gasteiger partial charge in [0.05, 0.1) is 0 Å². The fraction of sp³-hybridized carbons (Fsp3) is 1.00. The number of rotatable bonds is 3. The number of piperidine rings is 1. The van der Waals surface area contributed by atoms with Gasteiger partial charge in [0.2, 0.25) is 0 Å². The first-order chi connectivity index (χ1) is 8.16. The lowest BCUT2D eigenvalue weighted by Gasteiger charge is -2.37. The molecule has 2 nitrogen and oxygen atoms in total. The first-order valence-corrected chi connectivity index (χ1v) is 7.58. The quantitative estimate of drug-likeness (QED) is 0.813.